The maximum atomic E-state index is 12.9. The lowest BCUT2D eigenvalue weighted by atomic mass is 9.80. The molecular weight excluding hydrogens is 558 g/mol. The molecule has 1 heterocycles. The van der Waals surface area contributed by atoms with Gasteiger partial charge in [0.2, 0.25) is 5.95 Å². The summed E-state index contributed by atoms with van der Waals surface area (Å²) in [6.45, 7) is 9.47. The molecule has 0 atom stereocenters. The van der Waals surface area contributed by atoms with E-state index in [1.165, 1.54) is 30.2 Å². The monoisotopic (exact) mass is 599 g/mol. The number of aryl methyl sites for hydroxylation is 1. The third-order valence-corrected chi connectivity index (χ3v) is 10.1. The number of sulfone groups is 1. The highest BCUT2D eigenvalue weighted by molar-refractivity contribution is 7.92. The van der Waals surface area contributed by atoms with E-state index in [4.69, 9.17) is 16.3 Å². The quantitative estimate of drug-likeness (QED) is 0.247. The molecule has 0 amide bonds. The highest BCUT2D eigenvalue weighted by atomic mass is 35.5. The van der Waals surface area contributed by atoms with Crippen molar-refractivity contribution >= 4 is 44.6 Å². The van der Waals surface area contributed by atoms with Crippen LogP contribution in [-0.2, 0) is 9.84 Å². The minimum atomic E-state index is -3.53. The first-order valence-corrected chi connectivity index (χ1v) is 16.2. The Morgan fingerprint density at radius 1 is 1.00 bits per heavy atom. The Labute approximate surface area is 249 Å². The van der Waals surface area contributed by atoms with Gasteiger partial charge in [-0.2, -0.15) is 4.98 Å². The molecule has 1 aromatic heterocycles. The van der Waals surface area contributed by atoms with Gasteiger partial charge in [-0.1, -0.05) is 23.7 Å². The molecule has 1 fully saturated rings. The smallest absolute Gasteiger partial charge is 0.229 e. The molecule has 3 aromatic rings. The highest BCUT2D eigenvalue weighted by Gasteiger charge is 2.26. The van der Waals surface area contributed by atoms with Crippen molar-refractivity contribution in [2.75, 3.05) is 24.7 Å². The van der Waals surface area contributed by atoms with Gasteiger partial charge in [-0.25, -0.2) is 13.4 Å². The predicted octanol–water partition coefficient (Wildman–Crippen LogP) is 7.48. The molecule has 4 rings (SSSR count). The third-order valence-electron chi connectivity index (χ3n) is 7.66. The summed E-state index contributed by atoms with van der Waals surface area (Å²) in [6, 6.07) is 11.7. The number of hydrogen-bond acceptors (Lipinski definition) is 8. The summed E-state index contributed by atoms with van der Waals surface area (Å²) in [6.07, 6.45) is 6.16. The molecule has 222 valence electrons. The van der Waals surface area contributed by atoms with Crippen molar-refractivity contribution in [3.05, 3.63) is 58.7 Å². The number of nitrogens with one attached hydrogen (secondary N) is 2. The molecule has 0 spiro atoms. The number of benzene rings is 2. The van der Waals surface area contributed by atoms with Crippen LogP contribution in [0.5, 0.6) is 5.75 Å². The molecule has 2 aromatic carbocycles. The van der Waals surface area contributed by atoms with Crippen molar-refractivity contribution in [1.82, 2.24) is 14.9 Å². The van der Waals surface area contributed by atoms with Crippen molar-refractivity contribution in [2.45, 2.75) is 88.5 Å². The van der Waals surface area contributed by atoms with Gasteiger partial charge in [0.15, 0.2) is 15.7 Å². The van der Waals surface area contributed by atoms with Crippen molar-refractivity contribution in [1.29, 1.82) is 0 Å². The van der Waals surface area contributed by atoms with Crippen LogP contribution in [0.15, 0.2) is 47.5 Å². The third kappa shape index (κ3) is 7.31. The Balaban J connectivity index is 1.63. The zero-order valence-electron chi connectivity index (χ0n) is 25.0. The minimum absolute atomic E-state index is 0.0154. The molecule has 8 nitrogen and oxygen atoms in total. The Kier molecular flexibility index (Phi) is 9.82. The Morgan fingerprint density at radius 3 is 2.32 bits per heavy atom. The molecule has 41 heavy (non-hydrogen) atoms. The molecule has 0 unspecified atom stereocenters. The van der Waals surface area contributed by atoms with Crippen molar-refractivity contribution < 1.29 is 13.2 Å². The van der Waals surface area contributed by atoms with Crippen LogP contribution in [0.4, 0.5) is 23.1 Å². The van der Waals surface area contributed by atoms with Crippen LogP contribution in [0.25, 0.3) is 0 Å². The SMILES string of the molecule is Cc1cc(Nc2ncc(Cl)c(Nc3ccccc3S(=O)(=O)C(C)C)n2)c(OC(C)C)cc1[C@H]1CC[C@@H](N(C)C)CC1. The topological polar surface area (TPSA) is 96.5 Å². The lowest BCUT2D eigenvalue weighted by Crippen LogP contribution is -2.31. The Hall–Kier alpha value is -2.88. The fourth-order valence-corrected chi connectivity index (χ4v) is 6.67. The maximum absolute atomic E-state index is 12.9. The first-order chi connectivity index (χ1) is 19.4. The van der Waals surface area contributed by atoms with Crippen LogP contribution in [0.1, 0.15) is 70.4 Å². The van der Waals surface area contributed by atoms with Crippen molar-refractivity contribution in [3.8, 4) is 5.75 Å². The summed E-state index contributed by atoms with van der Waals surface area (Å²) >= 11 is 6.45. The minimum Gasteiger partial charge on any atom is -0.489 e. The summed E-state index contributed by atoms with van der Waals surface area (Å²) in [5.41, 5.74) is 3.68. The van der Waals surface area contributed by atoms with E-state index >= 15 is 0 Å². The Bertz CT molecular complexity index is 1470. The van der Waals surface area contributed by atoms with Gasteiger partial charge in [0, 0.05) is 6.04 Å². The van der Waals surface area contributed by atoms with Crippen LogP contribution < -0.4 is 15.4 Å². The van der Waals surface area contributed by atoms with E-state index in [9.17, 15) is 8.42 Å². The number of anilines is 4. The van der Waals surface area contributed by atoms with Crippen LogP contribution in [0.3, 0.4) is 0 Å². The number of hydrogen-bond donors (Lipinski definition) is 2. The zero-order chi connectivity index (χ0) is 29.9. The molecule has 0 saturated heterocycles. The molecule has 1 saturated carbocycles. The molecule has 1 aliphatic carbocycles. The zero-order valence-corrected chi connectivity index (χ0v) is 26.6. The number of aromatic nitrogens is 2. The fraction of sp³-hybridized carbons (Fsp3) is 0.484. The maximum Gasteiger partial charge on any atom is 0.229 e. The number of para-hydroxylation sites is 1. The van der Waals surface area contributed by atoms with Gasteiger partial charge >= 0.3 is 0 Å². The van der Waals surface area contributed by atoms with Gasteiger partial charge in [0.25, 0.3) is 0 Å². The van der Waals surface area contributed by atoms with Crippen LogP contribution >= 0.6 is 11.6 Å². The van der Waals surface area contributed by atoms with Crippen molar-refractivity contribution in [2.24, 2.45) is 0 Å². The van der Waals surface area contributed by atoms with E-state index in [0.29, 0.717) is 29.4 Å². The van der Waals surface area contributed by atoms with E-state index < -0.39 is 15.1 Å². The highest BCUT2D eigenvalue weighted by Crippen LogP contribution is 2.40. The summed E-state index contributed by atoms with van der Waals surface area (Å²) in [7, 11) is 0.803. The van der Waals surface area contributed by atoms with Crippen LogP contribution in [0, 0.1) is 6.92 Å². The fourth-order valence-electron chi connectivity index (χ4n) is 5.33. The van der Waals surface area contributed by atoms with Crippen LogP contribution in [-0.4, -0.2) is 54.8 Å². The normalized spacial score (nSPS) is 17.7. The molecular formula is C31H42ClN5O3S. The molecule has 0 aliphatic heterocycles. The molecule has 1 aliphatic rings. The van der Waals surface area contributed by atoms with Crippen molar-refractivity contribution in [3.63, 3.8) is 0 Å². The second-order valence-corrected chi connectivity index (χ2v) is 14.5. The largest absolute Gasteiger partial charge is 0.489 e. The lowest BCUT2D eigenvalue weighted by Gasteiger charge is -2.33. The van der Waals surface area contributed by atoms with E-state index in [0.717, 1.165) is 24.3 Å². The van der Waals surface area contributed by atoms with Gasteiger partial charge in [-0.15, -0.1) is 0 Å². The molecule has 2 N–H and O–H groups in total. The second kappa shape index (κ2) is 13.0. The first-order valence-electron chi connectivity index (χ1n) is 14.2. The van der Waals surface area contributed by atoms with Crippen LogP contribution in [0.2, 0.25) is 5.02 Å². The first kappa shape index (κ1) is 31.1. The summed E-state index contributed by atoms with van der Waals surface area (Å²) in [5.74, 6) is 1.86. The summed E-state index contributed by atoms with van der Waals surface area (Å²) in [4.78, 5) is 11.5. The second-order valence-electron chi connectivity index (χ2n) is 11.6. The average molecular weight is 600 g/mol. The number of ether oxygens (including phenoxy) is 1. The van der Waals surface area contributed by atoms with E-state index in [1.54, 1.807) is 38.1 Å². The average Bonchev–Trinajstić information content (AvgIpc) is 2.92. The molecule has 0 bridgehead atoms. The number of rotatable bonds is 10. The standard InChI is InChI=1S/C31H42ClN5O3S/c1-19(2)40-28-17-24(22-12-14-23(15-13-22)37(6)7)21(5)16-27(28)35-31-33-18-25(32)30(36-31)34-26-10-8-9-11-29(26)41(38,39)20(3)4/h8-11,16-20,22-23H,12-15H2,1-7H3,(H2,33,34,35,36)/t22-,23+. The van der Waals surface area contributed by atoms with Gasteiger partial charge in [-0.05, 0) is 116 Å². The summed E-state index contributed by atoms with van der Waals surface area (Å²) in [5, 5.41) is 6.13. The van der Waals surface area contributed by atoms with Gasteiger partial charge in [-0.3, -0.25) is 0 Å². The van der Waals surface area contributed by atoms with Gasteiger partial charge in [0.1, 0.15) is 10.8 Å². The Morgan fingerprint density at radius 2 is 1.68 bits per heavy atom. The van der Waals surface area contributed by atoms with E-state index in [2.05, 4.69) is 58.7 Å². The lowest BCUT2D eigenvalue weighted by molar-refractivity contribution is 0.215. The summed E-state index contributed by atoms with van der Waals surface area (Å²) < 4.78 is 32.1. The predicted molar refractivity (Wildman–Crippen MR) is 168 cm³/mol. The van der Waals surface area contributed by atoms with Gasteiger partial charge < -0.3 is 20.3 Å². The van der Waals surface area contributed by atoms with E-state index in [1.807, 2.05) is 13.8 Å². The number of nitrogens with zero attached hydrogens (tertiary/aromatic N) is 3. The molecule has 0 radical (unpaired) electrons. The van der Waals surface area contributed by atoms with Gasteiger partial charge in [0.05, 0.1) is 33.8 Å². The molecule has 10 heteroatoms. The number of halogens is 1. The van der Waals surface area contributed by atoms with E-state index in [-0.39, 0.29) is 16.0 Å².